The molecule has 18 heavy (non-hydrogen) atoms. The fraction of sp³-hybridized carbons (Fsp3) is 0.500. The van der Waals surface area contributed by atoms with Crippen molar-refractivity contribution in [1.29, 1.82) is 0 Å². The van der Waals surface area contributed by atoms with Crippen molar-refractivity contribution in [2.24, 2.45) is 5.92 Å². The van der Waals surface area contributed by atoms with Crippen molar-refractivity contribution in [3.8, 4) is 0 Å². The van der Waals surface area contributed by atoms with Crippen LogP contribution in [0.1, 0.15) is 24.0 Å². The average Bonchev–Trinajstić information content (AvgIpc) is 2.82. The number of rotatable bonds is 3. The smallest absolute Gasteiger partial charge is 0.310 e. The third-order valence-electron chi connectivity index (χ3n) is 3.41. The van der Waals surface area contributed by atoms with E-state index in [1.165, 1.54) is 6.07 Å². The number of ether oxygens (including phenoxy) is 1. The molecular weight excluding hydrogens is 233 g/mol. The summed E-state index contributed by atoms with van der Waals surface area (Å²) < 4.78 is 18.3. The Hall–Kier alpha value is -1.42. The molecule has 2 atom stereocenters. The topological polar surface area (TPSA) is 38.3 Å². The summed E-state index contributed by atoms with van der Waals surface area (Å²) in [6.45, 7) is 5.29. The van der Waals surface area contributed by atoms with Crippen molar-refractivity contribution in [3.63, 3.8) is 0 Å². The van der Waals surface area contributed by atoms with E-state index in [9.17, 15) is 9.18 Å². The van der Waals surface area contributed by atoms with Crippen LogP contribution in [0.2, 0.25) is 0 Å². The fourth-order valence-corrected chi connectivity index (χ4v) is 2.42. The largest absolute Gasteiger partial charge is 0.466 e. The number of aryl methyl sites for hydroxylation is 1. The van der Waals surface area contributed by atoms with Gasteiger partial charge in [0.15, 0.2) is 0 Å². The Morgan fingerprint density at radius 1 is 1.50 bits per heavy atom. The van der Waals surface area contributed by atoms with Crippen LogP contribution in [0.25, 0.3) is 0 Å². The average molecular weight is 251 g/mol. The lowest BCUT2D eigenvalue weighted by Crippen LogP contribution is -2.24. The Balaban J connectivity index is 2.20. The monoisotopic (exact) mass is 251 g/mol. The molecule has 1 heterocycles. The highest BCUT2D eigenvalue weighted by atomic mass is 19.1. The Labute approximate surface area is 106 Å². The molecule has 98 valence electrons. The molecule has 4 heteroatoms. The Kier molecular flexibility index (Phi) is 3.97. The number of halogens is 1. The van der Waals surface area contributed by atoms with E-state index < -0.39 is 0 Å². The summed E-state index contributed by atoms with van der Waals surface area (Å²) in [7, 11) is 0. The lowest BCUT2D eigenvalue weighted by molar-refractivity contribution is -0.147. The molecule has 1 N–H and O–H groups in total. The maximum absolute atomic E-state index is 13.3. The molecule has 1 fully saturated rings. The van der Waals surface area contributed by atoms with E-state index >= 15 is 0 Å². The zero-order valence-electron chi connectivity index (χ0n) is 10.7. The maximum atomic E-state index is 13.3. The first-order valence-electron chi connectivity index (χ1n) is 6.27. The van der Waals surface area contributed by atoms with Gasteiger partial charge in [-0.25, -0.2) is 4.39 Å². The van der Waals surface area contributed by atoms with Crippen molar-refractivity contribution in [2.75, 3.05) is 19.7 Å². The van der Waals surface area contributed by atoms with Crippen molar-refractivity contribution < 1.29 is 13.9 Å². The molecule has 2 unspecified atom stereocenters. The predicted octanol–water partition coefficient (Wildman–Crippen LogP) is 2.00. The maximum Gasteiger partial charge on any atom is 0.310 e. The lowest BCUT2D eigenvalue weighted by atomic mass is 9.88. The number of esters is 1. The molecule has 0 aromatic heterocycles. The fourth-order valence-electron chi connectivity index (χ4n) is 2.42. The van der Waals surface area contributed by atoms with Gasteiger partial charge in [-0.2, -0.15) is 0 Å². The molecule has 0 aliphatic carbocycles. The van der Waals surface area contributed by atoms with Gasteiger partial charge in [-0.05, 0) is 31.0 Å². The molecule has 1 saturated heterocycles. The number of carbonyl (C=O) groups is 1. The minimum atomic E-state index is -0.211. The highest BCUT2D eigenvalue weighted by molar-refractivity contribution is 5.74. The van der Waals surface area contributed by atoms with E-state index in [0.29, 0.717) is 18.7 Å². The zero-order valence-corrected chi connectivity index (χ0v) is 10.7. The van der Waals surface area contributed by atoms with Crippen molar-refractivity contribution >= 4 is 5.97 Å². The SMILES string of the molecule is CCOC(=O)C1CNCC1c1ccc(F)c(C)c1. The number of carbonyl (C=O) groups excluding carboxylic acids is 1. The lowest BCUT2D eigenvalue weighted by Gasteiger charge is -2.18. The Morgan fingerprint density at radius 3 is 2.94 bits per heavy atom. The molecule has 0 bridgehead atoms. The molecule has 1 aliphatic rings. The molecule has 3 nitrogen and oxygen atoms in total. The normalized spacial score (nSPS) is 23.1. The minimum Gasteiger partial charge on any atom is -0.466 e. The van der Waals surface area contributed by atoms with Crippen LogP contribution in [0.5, 0.6) is 0 Å². The van der Waals surface area contributed by atoms with E-state index in [-0.39, 0.29) is 23.6 Å². The van der Waals surface area contributed by atoms with Gasteiger partial charge in [-0.1, -0.05) is 12.1 Å². The molecule has 2 rings (SSSR count). The van der Waals surface area contributed by atoms with E-state index in [0.717, 1.165) is 12.1 Å². The van der Waals surface area contributed by atoms with Gasteiger partial charge in [-0.3, -0.25) is 4.79 Å². The van der Waals surface area contributed by atoms with Gasteiger partial charge >= 0.3 is 5.97 Å². The van der Waals surface area contributed by atoms with Gasteiger partial charge in [0, 0.05) is 19.0 Å². The summed E-state index contributed by atoms with van der Waals surface area (Å²) in [6.07, 6.45) is 0. The van der Waals surface area contributed by atoms with Crippen molar-refractivity contribution in [3.05, 3.63) is 35.1 Å². The first kappa shape index (κ1) is 13.0. The summed E-state index contributed by atoms with van der Waals surface area (Å²) in [5.74, 6) is -0.481. The van der Waals surface area contributed by atoms with Crippen LogP contribution in [-0.2, 0) is 9.53 Å². The molecule has 0 amide bonds. The van der Waals surface area contributed by atoms with E-state index in [2.05, 4.69) is 5.32 Å². The predicted molar refractivity (Wildman–Crippen MR) is 66.9 cm³/mol. The van der Waals surface area contributed by atoms with Crippen LogP contribution in [0.3, 0.4) is 0 Å². The van der Waals surface area contributed by atoms with Crippen LogP contribution in [0.4, 0.5) is 4.39 Å². The summed E-state index contributed by atoms with van der Waals surface area (Å²) in [4.78, 5) is 11.8. The Morgan fingerprint density at radius 2 is 2.28 bits per heavy atom. The molecule has 0 spiro atoms. The van der Waals surface area contributed by atoms with Crippen LogP contribution in [-0.4, -0.2) is 25.7 Å². The van der Waals surface area contributed by atoms with Crippen LogP contribution in [0.15, 0.2) is 18.2 Å². The van der Waals surface area contributed by atoms with Crippen molar-refractivity contribution in [1.82, 2.24) is 5.32 Å². The van der Waals surface area contributed by atoms with Crippen LogP contribution in [0, 0.1) is 18.7 Å². The second kappa shape index (κ2) is 5.48. The zero-order chi connectivity index (χ0) is 13.1. The highest BCUT2D eigenvalue weighted by Gasteiger charge is 2.35. The van der Waals surface area contributed by atoms with Gasteiger partial charge in [0.05, 0.1) is 12.5 Å². The van der Waals surface area contributed by atoms with Crippen molar-refractivity contribution in [2.45, 2.75) is 19.8 Å². The third-order valence-corrected chi connectivity index (χ3v) is 3.41. The second-order valence-electron chi connectivity index (χ2n) is 4.63. The number of benzene rings is 1. The number of hydrogen-bond donors (Lipinski definition) is 1. The minimum absolute atomic E-state index is 0.0725. The molecule has 0 saturated carbocycles. The van der Waals surface area contributed by atoms with Gasteiger partial charge in [0.25, 0.3) is 0 Å². The van der Waals surface area contributed by atoms with Crippen LogP contribution >= 0.6 is 0 Å². The molecule has 0 radical (unpaired) electrons. The standard InChI is InChI=1S/C14H18FNO2/c1-3-18-14(17)12-8-16-7-11(12)10-4-5-13(15)9(2)6-10/h4-6,11-12,16H,3,7-8H2,1-2H3. The molecular formula is C14H18FNO2. The quantitative estimate of drug-likeness (QED) is 0.835. The first-order valence-corrected chi connectivity index (χ1v) is 6.27. The van der Waals surface area contributed by atoms with Gasteiger partial charge in [-0.15, -0.1) is 0 Å². The number of nitrogens with one attached hydrogen (secondary N) is 1. The number of hydrogen-bond acceptors (Lipinski definition) is 3. The second-order valence-corrected chi connectivity index (χ2v) is 4.63. The van der Waals surface area contributed by atoms with E-state index in [1.54, 1.807) is 19.9 Å². The highest BCUT2D eigenvalue weighted by Crippen LogP contribution is 2.30. The summed E-state index contributed by atoms with van der Waals surface area (Å²) >= 11 is 0. The summed E-state index contributed by atoms with van der Waals surface area (Å²) in [6, 6.07) is 5.04. The first-order chi connectivity index (χ1) is 8.63. The van der Waals surface area contributed by atoms with Crippen LogP contribution < -0.4 is 5.32 Å². The molecule has 1 aliphatic heterocycles. The van der Waals surface area contributed by atoms with E-state index in [1.807, 2.05) is 6.07 Å². The molecule has 1 aromatic rings. The third kappa shape index (κ3) is 2.53. The summed E-state index contributed by atoms with van der Waals surface area (Å²) in [5.41, 5.74) is 1.61. The summed E-state index contributed by atoms with van der Waals surface area (Å²) in [5, 5.41) is 3.20. The van der Waals surface area contributed by atoms with Gasteiger partial charge in [0.2, 0.25) is 0 Å². The van der Waals surface area contributed by atoms with Gasteiger partial charge in [0.1, 0.15) is 5.82 Å². The molecule has 1 aromatic carbocycles. The van der Waals surface area contributed by atoms with E-state index in [4.69, 9.17) is 4.74 Å². The van der Waals surface area contributed by atoms with Gasteiger partial charge < -0.3 is 10.1 Å². The Bertz CT molecular complexity index is 447.